The summed E-state index contributed by atoms with van der Waals surface area (Å²) >= 11 is 5.93. The van der Waals surface area contributed by atoms with Crippen LogP contribution in [0.2, 0.25) is 0 Å². The summed E-state index contributed by atoms with van der Waals surface area (Å²) < 4.78 is 26.3. The van der Waals surface area contributed by atoms with Gasteiger partial charge in [0.15, 0.2) is 0 Å². The zero-order chi connectivity index (χ0) is 13.0. The Morgan fingerprint density at radius 2 is 1.61 bits per heavy atom. The largest absolute Gasteiger partial charge is 0.207 e. The van der Waals surface area contributed by atoms with Gasteiger partial charge in [-0.25, -0.2) is 8.78 Å². The molecule has 0 N–H and O–H groups in total. The van der Waals surface area contributed by atoms with Crippen molar-refractivity contribution < 1.29 is 8.78 Å². The molecule has 2 rings (SSSR count). The second-order valence-electron chi connectivity index (χ2n) is 4.24. The third kappa shape index (κ3) is 3.30. The molecule has 1 unspecified atom stereocenters. The average molecular weight is 267 g/mol. The standard InChI is InChI=1S/C15H13ClF2/c16-10-13(12-4-2-6-15(18)9-12)7-11-3-1-5-14(17)8-11/h1-6,8-9,13H,7,10H2. The first kappa shape index (κ1) is 13.0. The molecule has 18 heavy (non-hydrogen) atoms. The zero-order valence-corrected chi connectivity index (χ0v) is 10.5. The molecule has 0 amide bonds. The van der Waals surface area contributed by atoms with Crippen LogP contribution in [0.4, 0.5) is 8.78 Å². The van der Waals surface area contributed by atoms with Gasteiger partial charge >= 0.3 is 0 Å². The second kappa shape index (κ2) is 5.96. The number of hydrogen-bond donors (Lipinski definition) is 0. The molecule has 2 aromatic rings. The van der Waals surface area contributed by atoms with E-state index in [-0.39, 0.29) is 17.6 Å². The van der Waals surface area contributed by atoms with Gasteiger partial charge in [-0.1, -0.05) is 24.3 Å². The van der Waals surface area contributed by atoms with E-state index in [1.54, 1.807) is 12.1 Å². The number of benzene rings is 2. The highest BCUT2D eigenvalue weighted by Crippen LogP contribution is 2.23. The van der Waals surface area contributed by atoms with Crippen LogP contribution in [0.1, 0.15) is 17.0 Å². The molecule has 0 nitrogen and oxygen atoms in total. The first-order valence-electron chi connectivity index (χ1n) is 5.75. The predicted octanol–water partition coefficient (Wildman–Crippen LogP) is 4.53. The van der Waals surface area contributed by atoms with Gasteiger partial charge < -0.3 is 0 Å². The van der Waals surface area contributed by atoms with Gasteiger partial charge in [0.2, 0.25) is 0 Å². The van der Waals surface area contributed by atoms with Gasteiger partial charge in [-0.2, -0.15) is 0 Å². The van der Waals surface area contributed by atoms with Crippen LogP contribution >= 0.6 is 11.6 Å². The smallest absolute Gasteiger partial charge is 0.123 e. The van der Waals surface area contributed by atoms with E-state index in [1.807, 2.05) is 12.1 Å². The van der Waals surface area contributed by atoms with Crippen molar-refractivity contribution in [2.24, 2.45) is 0 Å². The molecule has 94 valence electrons. The maximum Gasteiger partial charge on any atom is 0.123 e. The van der Waals surface area contributed by atoms with Crippen molar-refractivity contribution in [3.05, 3.63) is 71.3 Å². The van der Waals surface area contributed by atoms with Crippen molar-refractivity contribution >= 4 is 11.6 Å². The van der Waals surface area contributed by atoms with E-state index in [9.17, 15) is 8.78 Å². The fourth-order valence-corrected chi connectivity index (χ4v) is 2.26. The summed E-state index contributed by atoms with van der Waals surface area (Å²) in [4.78, 5) is 0. The maximum absolute atomic E-state index is 13.2. The molecule has 0 heterocycles. The van der Waals surface area contributed by atoms with E-state index in [1.165, 1.54) is 24.3 Å². The van der Waals surface area contributed by atoms with Gasteiger partial charge in [-0.15, -0.1) is 11.6 Å². The lowest BCUT2D eigenvalue weighted by molar-refractivity contribution is 0.617. The lowest BCUT2D eigenvalue weighted by Crippen LogP contribution is -2.05. The van der Waals surface area contributed by atoms with Crippen LogP contribution in [-0.2, 0) is 6.42 Å². The summed E-state index contributed by atoms with van der Waals surface area (Å²) in [6.45, 7) is 0. The monoisotopic (exact) mass is 266 g/mol. The van der Waals surface area contributed by atoms with Crippen LogP contribution in [0.3, 0.4) is 0 Å². The SMILES string of the molecule is Fc1cccc(CC(CCl)c2cccc(F)c2)c1. The number of halogens is 3. The minimum atomic E-state index is -0.276. The zero-order valence-electron chi connectivity index (χ0n) is 9.74. The van der Waals surface area contributed by atoms with E-state index in [0.717, 1.165) is 11.1 Å². The minimum absolute atomic E-state index is 0.0100. The number of rotatable bonds is 4. The van der Waals surface area contributed by atoms with Crippen LogP contribution in [0.25, 0.3) is 0 Å². The Hall–Kier alpha value is -1.41. The fraction of sp³-hybridized carbons (Fsp3) is 0.200. The lowest BCUT2D eigenvalue weighted by atomic mass is 9.93. The van der Waals surface area contributed by atoms with Crippen LogP contribution in [-0.4, -0.2) is 5.88 Å². The number of hydrogen-bond acceptors (Lipinski definition) is 0. The third-order valence-electron chi connectivity index (χ3n) is 2.88. The van der Waals surface area contributed by atoms with Crippen molar-refractivity contribution in [1.29, 1.82) is 0 Å². The molecule has 0 aromatic heterocycles. The van der Waals surface area contributed by atoms with Crippen molar-refractivity contribution in [1.82, 2.24) is 0 Å². The van der Waals surface area contributed by atoms with Crippen molar-refractivity contribution in [2.45, 2.75) is 12.3 Å². The Balaban J connectivity index is 2.19. The summed E-state index contributed by atoms with van der Waals surface area (Å²) in [5, 5.41) is 0. The molecule has 2 aromatic carbocycles. The quantitative estimate of drug-likeness (QED) is 0.713. The lowest BCUT2D eigenvalue weighted by Gasteiger charge is -2.14. The van der Waals surface area contributed by atoms with E-state index in [2.05, 4.69) is 0 Å². The first-order chi connectivity index (χ1) is 8.69. The predicted molar refractivity (Wildman–Crippen MR) is 70.0 cm³/mol. The molecule has 1 atom stereocenters. The molecular weight excluding hydrogens is 254 g/mol. The molecule has 0 aliphatic heterocycles. The molecule has 0 aliphatic rings. The number of alkyl halides is 1. The van der Waals surface area contributed by atoms with E-state index in [0.29, 0.717) is 12.3 Å². The molecular formula is C15H13ClF2. The average Bonchev–Trinajstić information content (AvgIpc) is 2.36. The molecule has 3 heteroatoms. The normalized spacial score (nSPS) is 12.4. The first-order valence-corrected chi connectivity index (χ1v) is 6.28. The molecule has 0 fully saturated rings. The van der Waals surface area contributed by atoms with Crippen molar-refractivity contribution in [3.63, 3.8) is 0 Å². The van der Waals surface area contributed by atoms with Crippen LogP contribution in [0.15, 0.2) is 48.5 Å². The van der Waals surface area contributed by atoms with Crippen LogP contribution in [0, 0.1) is 11.6 Å². The van der Waals surface area contributed by atoms with Gasteiger partial charge in [0.05, 0.1) is 0 Å². The Morgan fingerprint density at radius 3 is 2.22 bits per heavy atom. The molecule has 0 saturated carbocycles. The van der Waals surface area contributed by atoms with Gasteiger partial charge in [0, 0.05) is 11.8 Å². The molecule has 0 radical (unpaired) electrons. The van der Waals surface area contributed by atoms with Crippen LogP contribution in [0.5, 0.6) is 0 Å². The Labute approximate surface area is 110 Å². The van der Waals surface area contributed by atoms with Crippen molar-refractivity contribution in [2.75, 3.05) is 5.88 Å². The molecule has 0 spiro atoms. The second-order valence-corrected chi connectivity index (χ2v) is 4.55. The summed E-state index contributed by atoms with van der Waals surface area (Å²) in [6, 6.07) is 12.8. The van der Waals surface area contributed by atoms with Crippen molar-refractivity contribution in [3.8, 4) is 0 Å². The topological polar surface area (TPSA) is 0 Å². The van der Waals surface area contributed by atoms with Gasteiger partial charge in [-0.05, 0) is 41.8 Å². The molecule has 0 saturated heterocycles. The summed E-state index contributed by atoms with van der Waals surface area (Å²) in [5.41, 5.74) is 1.71. The van der Waals surface area contributed by atoms with E-state index < -0.39 is 0 Å². The highest BCUT2D eigenvalue weighted by atomic mass is 35.5. The van der Waals surface area contributed by atoms with Gasteiger partial charge in [0.25, 0.3) is 0 Å². The maximum atomic E-state index is 13.2. The van der Waals surface area contributed by atoms with Gasteiger partial charge in [-0.3, -0.25) is 0 Å². The van der Waals surface area contributed by atoms with Gasteiger partial charge in [0.1, 0.15) is 11.6 Å². The van der Waals surface area contributed by atoms with Crippen LogP contribution < -0.4 is 0 Å². The highest BCUT2D eigenvalue weighted by molar-refractivity contribution is 6.18. The Kier molecular flexibility index (Phi) is 4.32. The highest BCUT2D eigenvalue weighted by Gasteiger charge is 2.12. The minimum Gasteiger partial charge on any atom is -0.207 e. The van der Waals surface area contributed by atoms with E-state index >= 15 is 0 Å². The summed E-state index contributed by atoms with van der Waals surface area (Å²) in [5.74, 6) is -0.175. The fourth-order valence-electron chi connectivity index (χ4n) is 1.97. The molecule has 0 aliphatic carbocycles. The molecule has 0 bridgehead atoms. The Morgan fingerprint density at radius 1 is 0.944 bits per heavy atom. The Bertz CT molecular complexity index is 525. The summed E-state index contributed by atoms with van der Waals surface area (Å²) in [6.07, 6.45) is 0.602. The third-order valence-corrected chi connectivity index (χ3v) is 3.25. The van der Waals surface area contributed by atoms with E-state index in [4.69, 9.17) is 11.6 Å². The summed E-state index contributed by atoms with van der Waals surface area (Å²) in [7, 11) is 0.